The minimum absolute atomic E-state index is 1.10. The Morgan fingerprint density at radius 2 is 1.83 bits per heavy atom. The Kier molecular flexibility index (Phi) is 6.28. The van der Waals surface area contributed by atoms with E-state index < -0.39 is 11.3 Å². The summed E-state index contributed by atoms with van der Waals surface area (Å²) in [6.07, 6.45) is 0. The lowest BCUT2D eigenvalue weighted by molar-refractivity contribution is 0.539. The summed E-state index contributed by atoms with van der Waals surface area (Å²) in [6, 6.07) is 6.74. The average molecular weight is 270 g/mol. The Balaban J connectivity index is 0.000000357. The molecule has 1 fully saturated rings. The highest BCUT2D eigenvalue weighted by molar-refractivity contribution is 7.76. The lowest BCUT2D eigenvalue weighted by atomic mass is 10.1. The molecule has 1 heterocycles. The standard InChI is InChI=1S/C12H18N2.H3NO2S/c1-10-3-4-12(9-11(10)2)14-7-5-13-6-8-14;1-4(2)3/h3-4,9,13H,5-8H2,1-2H3;1H2,(H,2,3)/p-1. The molecule has 1 aromatic rings. The molecule has 0 amide bonds. The monoisotopic (exact) mass is 270 g/mol. The number of rotatable bonds is 1. The first-order valence-corrected chi connectivity index (χ1v) is 7.01. The van der Waals surface area contributed by atoms with Crippen molar-refractivity contribution < 1.29 is 8.76 Å². The summed E-state index contributed by atoms with van der Waals surface area (Å²) in [7, 11) is 0. The lowest BCUT2D eigenvalue weighted by Gasteiger charge is -2.29. The van der Waals surface area contributed by atoms with Gasteiger partial charge in [-0.2, -0.15) is 0 Å². The third-order valence-corrected chi connectivity index (χ3v) is 2.97. The van der Waals surface area contributed by atoms with Gasteiger partial charge < -0.3 is 14.8 Å². The first-order chi connectivity index (χ1) is 8.50. The first-order valence-electron chi connectivity index (χ1n) is 5.87. The van der Waals surface area contributed by atoms with E-state index in [2.05, 4.69) is 47.4 Å². The van der Waals surface area contributed by atoms with Crippen LogP contribution in [0.2, 0.25) is 0 Å². The van der Waals surface area contributed by atoms with Gasteiger partial charge in [0, 0.05) is 43.1 Å². The maximum absolute atomic E-state index is 8.78. The number of hydrogen-bond donors (Lipinski definition) is 2. The molecule has 0 aromatic heterocycles. The van der Waals surface area contributed by atoms with Crippen molar-refractivity contribution in [2.45, 2.75) is 13.8 Å². The van der Waals surface area contributed by atoms with Crippen molar-refractivity contribution in [2.24, 2.45) is 5.14 Å². The highest BCUT2D eigenvalue weighted by atomic mass is 32.2. The van der Waals surface area contributed by atoms with Crippen LogP contribution < -0.4 is 15.4 Å². The Morgan fingerprint density at radius 3 is 2.33 bits per heavy atom. The molecule has 18 heavy (non-hydrogen) atoms. The Morgan fingerprint density at radius 1 is 1.28 bits per heavy atom. The third-order valence-electron chi connectivity index (χ3n) is 2.97. The SMILES string of the molecule is Cc1ccc(N2CCNCC2)cc1C.NS(=O)[O-]. The van der Waals surface area contributed by atoms with Crippen molar-refractivity contribution in [1.82, 2.24) is 5.32 Å². The molecule has 0 radical (unpaired) electrons. The molecule has 5 nitrogen and oxygen atoms in total. The van der Waals surface area contributed by atoms with Crippen LogP contribution in [0.5, 0.6) is 0 Å². The number of piperazine rings is 1. The molecule has 1 aliphatic rings. The highest BCUT2D eigenvalue weighted by Crippen LogP contribution is 2.18. The van der Waals surface area contributed by atoms with Crippen LogP contribution in [0, 0.1) is 13.8 Å². The smallest absolute Gasteiger partial charge is 0.0369 e. The maximum Gasteiger partial charge on any atom is 0.0369 e. The second-order valence-electron chi connectivity index (χ2n) is 4.27. The van der Waals surface area contributed by atoms with Crippen molar-refractivity contribution in [3.8, 4) is 0 Å². The van der Waals surface area contributed by atoms with Crippen molar-refractivity contribution in [3.63, 3.8) is 0 Å². The van der Waals surface area contributed by atoms with Gasteiger partial charge in [0.1, 0.15) is 0 Å². The zero-order valence-corrected chi connectivity index (χ0v) is 11.6. The first kappa shape index (κ1) is 15.1. The van der Waals surface area contributed by atoms with E-state index in [1.54, 1.807) is 0 Å². The number of nitrogens with one attached hydrogen (secondary N) is 1. The number of anilines is 1. The number of benzene rings is 1. The van der Waals surface area contributed by atoms with Gasteiger partial charge in [0.25, 0.3) is 0 Å². The van der Waals surface area contributed by atoms with Crippen LogP contribution in [0.3, 0.4) is 0 Å². The van der Waals surface area contributed by atoms with Gasteiger partial charge in [-0.25, -0.2) is 0 Å². The number of hydrogen-bond acceptors (Lipinski definition) is 4. The predicted molar refractivity (Wildman–Crippen MR) is 74.1 cm³/mol. The van der Waals surface area contributed by atoms with Gasteiger partial charge in [-0.05, 0) is 37.1 Å². The molecule has 6 heteroatoms. The molecule has 2 rings (SSSR count). The molecule has 0 saturated carbocycles. The lowest BCUT2D eigenvalue weighted by Crippen LogP contribution is -2.43. The Hall–Kier alpha value is -0.950. The largest absolute Gasteiger partial charge is 0.760 e. The molecule has 0 spiro atoms. The summed E-state index contributed by atoms with van der Waals surface area (Å²) in [5, 5.41) is 7.40. The van der Waals surface area contributed by atoms with Crippen molar-refractivity contribution in [1.29, 1.82) is 0 Å². The van der Waals surface area contributed by atoms with Gasteiger partial charge in [-0.15, -0.1) is 0 Å². The summed E-state index contributed by atoms with van der Waals surface area (Å²) in [5.74, 6) is 0. The highest BCUT2D eigenvalue weighted by Gasteiger charge is 2.10. The van der Waals surface area contributed by atoms with Crippen LogP contribution in [-0.4, -0.2) is 34.9 Å². The zero-order valence-electron chi connectivity index (χ0n) is 10.8. The average Bonchev–Trinajstić information content (AvgIpc) is 2.33. The minimum atomic E-state index is -2.36. The van der Waals surface area contributed by atoms with Gasteiger partial charge in [0.15, 0.2) is 0 Å². The molecule has 102 valence electrons. The molecule has 1 saturated heterocycles. The van der Waals surface area contributed by atoms with Crippen molar-refractivity contribution in [3.05, 3.63) is 29.3 Å². The van der Waals surface area contributed by atoms with Crippen LogP contribution in [-0.2, 0) is 11.3 Å². The third kappa shape index (κ3) is 5.14. The van der Waals surface area contributed by atoms with Crippen molar-refractivity contribution >= 4 is 17.0 Å². The van der Waals surface area contributed by atoms with E-state index in [9.17, 15) is 0 Å². The molecular weight excluding hydrogens is 250 g/mol. The van der Waals surface area contributed by atoms with Crippen LogP contribution in [0.1, 0.15) is 11.1 Å². The quantitative estimate of drug-likeness (QED) is 0.726. The van der Waals surface area contributed by atoms with Gasteiger partial charge in [0.05, 0.1) is 0 Å². The Bertz CT molecular complexity index is 402. The molecule has 3 N–H and O–H groups in total. The molecule has 1 unspecified atom stereocenters. The predicted octanol–water partition coefficient (Wildman–Crippen LogP) is 0.452. The van der Waals surface area contributed by atoms with E-state index in [1.807, 2.05) is 0 Å². The van der Waals surface area contributed by atoms with E-state index in [4.69, 9.17) is 8.76 Å². The molecular formula is C12H20N3O2S-. The van der Waals surface area contributed by atoms with E-state index in [0.717, 1.165) is 26.2 Å². The molecule has 1 aliphatic heterocycles. The number of aryl methyl sites for hydroxylation is 2. The van der Waals surface area contributed by atoms with E-state index in [1.165, 1.54) is 16.8 Å². The normalized spacial score (nSPS) is 16.8. The number of nitrogens with two attached hydrogens (primary N) is 1. The van der Waals surface area contributed by atoms with E-state index >= 15 is 0 Å². The summed E-state index contributed by atoms with van der Waals surface area (Å²) < 4.78 is 17.6. The molecule has 1 atom stereocenters. The topological polar surface area (TPSA) is 81.4 Å². The van der Waals surface area contributed by atoms with Gasteiger partial charge in [-0.1, -0.05) is 6.07 Å². The Labute approximate surface area is 111 Å². The minimum Gasteiger partial charge on any atom is -0.760 e. The van der Waals surface area contributed by atoms with Crippen LogP contribution >= 0.6 is 0 Å². The van der Waals surface area contributed by atoms with Crippen LogP contribution in [0.4, 0.5) is 5.69 Å². The fourth-order valence-corrected chi connectivity index (χ4v) is 1.85. The van der Waals surface area contributed by atoms with Gasteiger partial charge >= 0.3 is 0 Å². The van der Waals surface area contributed by atoms with Crippen molar-refractivity contribution in [2.75, 3.05) is 31.1 Å². The second kappa shape index (κ2) is 7.48. The van der Waals surface area contributed by atoms with Crippen LogP contribution in [0.25, 0.3) is 0 Å². The molecule has 0 aliphatic carbocycles. The fraction of sp³-hybridized carbons (Fsp3) is 0.500. The van der Waals surface area contributed by atoms with E-state index in [-0.39, 0.29) is 0 Å². The maximum atomic E-state index is 8.78. The van der Waals surface area contributed by atoms with Gasteiger partial charge in [-0.3, -0.25) is 9.35 Å². The van der Waals surface area contributed by atoms with Crippen LogP contribution in [0.15, 0.2) is 18.2 Å². The second-order valence-corrected chi connectivity index (χ2v) is 4.79. The summed E-state index contributed by atoms with van der Waals surface area (Å²) in [5.41, 5.74) is 4.14. The van der Waals surface area contributed by atoms with Gasteiger partial charge in [0.2, 0.25) is 0 Å². The molecule has 1 aromatic carbocycles. The zero-order chi connectivity index (χ0) is 13.5. The fourth-order valence-electron chi connectivity index (χ4n) is 1.85. The summed E-state index contributed by atoms with van der Waals surface area (Å²) in [4.78, 5) is 2.45. The molecule has 0 bridgehead atoms. The summed E-state index contributed by atoms with van der Waals surface area (Å²) >= 11 is -2.36. The van der Waals surface area contributed by atoms with E-state index in [0.29, 0.717) is 0 Å². The number of nitrogens with zero attached hydrogens (tertiary/aromatic N) is 1. The summed E-state index contributed by atoms with van der Waals surface area (Å²) in [6.45, 7) is 8.81.